The van der Waals surface area contributed by atoms with Gasteiger partial charge in [-0.25, -0.2) is 8.42 Å². The van der Waals surface area contributed by atoms with E-state index in [9.17, 15) is 8.42 Å². The molecule has 0 unspecified atom stereocenters. The molecule has 0 radical (unpaired) electrons. The highest BCUT2D eigenvalue weighted by Crippen LogP contribution is 1.97. The summed E-state index contributed by atoms with van der Waals surface area (Å²) in [5, 5.41) is 0. The molecule has 44 valence electrons. The predicted octanol–water partition coefficient (Wildman–Crippen LogP) is 0.188. The fraction of sp³-hybridized carbons (Fsp3) is 1.00. The number of rotatable bonds is 1. The number of nitrogens with zero attached hydrogens (tertiary/aromatic N) is 1. The van der Waals surface area contributed by atoms with Crippen LogP contribution in [0.1, 0.15) is 0 Å². The quantitative estimate of drug-likeness (QED) is 0.550. The molecule has 0 aliphatic rings. The average Bonchev–Trinajstić information content (AvgIpc) is 1.31. The van der Waals surface area contributed by atoms with E-state index in [1.807, 2.05) is 0 Å². The Morgan fingerprint density at radius 2 is 1.71 bits per heavy atom. The monoisotopic (exact) mass is 187 g/mol. The lowest BCUT2D eigenvalue weighted by Gasteiger charge is -1.99. The van der Waals surface area contributed by atoms with Crippen molar-refractivity contribution in [3.63, 3.8) is 0 Å². The van der Waals surface area contributed by atoms with Crippen molar-refractivity contribution in [2.75, 3.05) is 13.3 Å². The Bertz CT molecular complexity index is 138. The van der Waals surface area contributed by atoms with Crippen molar-refractivity contribution in [3.8, 4) is 0 Å². The molecule has 0 aromatic carbocycles. The third-order valence-electron chi connectivity index (χ3n) is 0.457. The number of hydrogen-bond donors (Lipinski definition) is 0. The Balaban J connectivity index is 4.10. The van der Waals surface area contributed by atoms with E-state index in [1.165, 1.54) is 7.05 Å². The zero-order valence-electron chi connectivity index (χ0n) is 4.05. The summed E-state index contributed by atoms with van der Waals surface area (Å²) in [5.74, 6) is 0. The van der Waals surface area contributed by atoms with E-state index >= 15 is 0 Å². The van der Waals surface area contributed by atoms with Gasteiger partial charge in [0.2, 0.25) is 10.0 Å². The van der Waals surface area contributed by atoms with Crippen LogP contribution in [-0.4, -0.2) is 25.1 Å². The first-order valence-electron chi connectivity index (χ1n) is 1.54. The molecular weight excluding hydrogens is 182 g/mol. The number of hydrogen-bond acceptors (Lipinski definition) is 2. The molecule has 0 saturated carbocycles. The third-order valence-corrected chi connectivity index (χ3v) is 2.95. The summed E-state index contributed by atoms with van der Waals surface area (Å²) < 4.78 is 21.4. The van der Waals surface area contributed by atoms with Gasteiger partial charge in [0, 0.05) is 23.2 Å². The molecule has 0 atom stereocenters. The van der Waals surface area contributed by atoms with E-state index in [-0.39, 0.29) is 0 Å². The fourth-order valence-electron chi connectivity index (χ4n) is 0. The normalized spacial score (nSPS) is 12.6. The third kappa shape index (κ3) is 3.02. The Labute approximate surface area is 51.7 Å². The van der Waals surface area contributed by atoms with Gasteiger partial charge >= 0.3 is 0 Å². The molecule has 0 aliphatic heterocycles. The van der Waals surface area contributed by atoms with Crippen molar-refractivity contribution in [3.05, 3.63) is 0 Å². The van der Waals surface area contributed by atoms with Crippen LogP contribution in [0, 0.1) is 0 Å². The van der Waals surface area contributed by atoms with Gasteiger partial charge in [0.15, 0.2) is 0 Å². The standard InChI is InChI=1S/C2H6BrNO2S/c1-4(3)7(2,5)6/h1-2H3. The Hall–Kier alpha value is 0.390. The van der Waals surface area contributed by atoms with Gasteiger partial charge in [0.25, 0.3) is 0 Å². The van der Waals surface area contributed by atoms with Crippen LogP contribution in [0.4, 0.5) is 0 Å². The van der Waals surface area contributed by atoms with E-state index < -0.39 is 10.0 Å². The maximum atomic E-state index is 10.2. The second-order valence-corrected chi connectivity index (χ2v) is 4.70. The molecule has 0 fully saturated rings. The molecule has 0 rings (SSSR count). The van der Waals surface area contributed by atoms with Crippen molar-refractivity contribution in [1.29, 1.82) is 0 Å². The first-order chi connectivity index (χ1) is 2.94. The van der Waals surface area contributed by atoms with Gasteiger partial charge in [0.1, 0.15) is 0 Å². The molecular formula is C2H6BrNO2S. The zero-order valence-corrected chi connectivity index (χ0v) is 6.45. The number of halogens is 1. The predicted molar refractivity (Wildman–Crippen MR) is 31.5 cm³/mol. The Morgan fingerprint density at radius 3 is 1.71 bits per heavy atom. The van der Waals surface area contributed by atoms with Gasteiger partial charge in [0.05, 0.1) is 6.26 Å². The minimum absolute atomic E-state index is 0.972. The molecule has 7 heavy (non-hydrogen) atoms. The summed E-state index contributed by atoms with van der Waals surface area (Å²) in [7, 11) is -1.58. The summed E-state index contributed by atoms with van der Waals surface area (Å²) in [5.41, 5.74) is 0. The summed E-state index contributed by atoms with van der Waals surface area (Å²) >= 11 is 2.74. The molecule has 0 aromatic rings. The summed E-state index contributed by atoms with van der Waals surface area (Å²) in [6.07, 6.45) is 1.11. The lowest BCUT2D eigenvalue weighted by Crippen LogP contribution is -2.13. The molecule has 3 nitrogen and oxygen atoms in total. The minimum atomic E-state index is -2.99. The maximum Gasteiger partial charge on any atom is 0.220 e. The highest BCUT2D eigenvalue weighted by atomic mass is 79.9. The smallest absolute Gasteiger partial charge is 0.212 e. The van der Waals surface area contributed by atoms with Gasteiger partial charge in [-0.3, -0.25) is 0 Å². The van der Waals surface area contributed by atoms with Crippen LogP contribution in [0.2, 0.25) is 0 Å². The van der Waals surface area contributed by atoms with E-state index in [1.54, 1.807) is 0 Å². The van der Waals surface area contributed by atoms with Crippen LogP contribution in [0.3, 0.4) is 0 Å². The molecule has 0 saturated heterocycles. The fourth-order valence-corrected chi connectivity index (χ4v) is 0. The molecule has 0 bridgehead atoms. The SMILES string of the molecule is CN(Br)S(C)(=O)=O. The van der Waals surface area contributed by atoms with Gasteiger partial charge in [-0.2, -0.15) is 0 Å². The highest BCUT2D eigenvalue weighted by molar-refractivity contribution is 9.08. The van der Waals surface area contributed by atoms with E-state index in [4.69, 9.17) is 0 Å². The Morgan fingerprint density at radius 1 is 1.57 bits per heavy atom. The van der Waals surface area contributed by atoms with Crippen molar-refractivity contribution >= 4 is 26.2 Å². The second-order valence-electron chi connectivity index (χ2n) is 1.15. The first-order valence-corrected chi connectivity index (χ1v) is 4.10. The van der Waals surface area contributed by atoms with Crippen molar-refractivity contribution < 1.29 is 8.42 Å². The Kier molecular flexibility index (Phi) is 2.22. The summed E-state index contributed by atoms with van der Waals surface area (Å²) in [6, 6.07) is 0. The molecule has 5 heteroatoms. The highest BCUT2D eigenvalue weighted by Gasteiger charge is 2.03. The van der Waals surface area contributed by atoms with Crippen LogP contribution in [-0.2, 0) is 10.0 Å². The molecule has 0 N–H and O–H groups in total. The van der Waals surface area contributed by atoms with E-state index in [2.05, 4.69) is 16.1 Å². The largest absolute Gasteiger partial charge is 0.220 e. The van der Waals surface area contributed by atoms with Gasteiger partial charge in [-0.05, 0) is 0 Å². The van der Waals surface area contributed by atoms with Crippen LogP contribution >= 0.6 is 16.1 Å². The maximum absolute atomic E-state index is 10.2. The van der Waals surface area contributed by atoms with E-state index in [0.29, 0.717) is 0 Å². The second kappa shape index (κ2) is 2.11. The molecule has 0 amide bonds. The molecule has 0 spiro atoms. The topological polar surface area (TPSA) is 37.4 Å². The van der Waals surface area contributed by atoms with Gasteiger partial charge in [-0.1, -0.05) is 0 Å². The molecule has 0 heterocycles. The van der Waals surface area contributed by atoms with Crippen LogP contribution in [0.5, 0.6) is 0 Å². The van der Waals surface area contributed by atoms with Crippen molar-refractivity contribution in [2.24, 2.45) is 0 Å². The first kappa shape index (κ1) is 7.39. The average molecular weight is 188 g/mol. The number of sulfonamides is 1. The molecule has 0 aromatic heterocycles. The lowest BCUT2D eigenvalue weighted by molar-refractivity contribution is 0.574. The van der Waals surface area contributed by atoms with Gasteiger partial charge < -0.3 is 0 Å². The van der Waals surface area contributed by atoms with Crippen LogP contribution in [0.25, 0.3) is 0 Å². The van der Waals surface area contributed by atoms with Gasteiger partial charge in [-0.15, -0.1) is 3.33 Å². The van der Waals surface area contributed by atoms with Crippen LogP contribution in [0.15, 0.2) is 0 Å². The zero-order chi connectivity index (χ0) is 6.08. The molecule has 0 aliphatic carbocycles. The van der Waals surface area contributed by atoms with Crippen LogP contribution < -0.4 is 0 Å². The lowest BCUT2D eigenvalue weighted by atomic mass is 11.6. The van der Waals surface area contributed by atoms with Crippen molar-refractivity contribution in [2.45, 2.75) is 0 Å². The summed E-state index contributed by atoms with van der Waals surface area (Å²) in [6.45, 7) is 0. The summed E-state index contributed by atoms with van der Waals surface area (Å²) in [4.78, 5) is 0. The van der Waals surface area contributed by atoms with E-state index in [0.717, 1.165) is 9.59 Å². The van der Waals surface area contributed by atoms with Crippen molar-refractivity contribution in [1.82, 2.24) is 3.33 Å². The minimum Gasteiger partial charge on any atom is -0.212 e.